The smallest absolute Gasteiger partial charge is 0.339 e. The molecule has 0 spiro atoms. The van der Waals surface area contributed by atoms with Crippen LogP contribution in [-0.4, -0.2) is 23.2 Å². The van der Waals surface area contributed by atoms with E-state index in [0.717, 1.165) is 6.07 Å². The maximum absolute atomic E-state index is 13.3. The van der Waals surface area contributed by atoms with Gasteiger partial charge in [0.2, 0.25) is 0 Å². The van der Waals surface area contributed by atoms with Gasteiger partial charge in [0.1, 0.15) is 29.1 Å². The summed E-state index contributed by atoms with van der Waals surface area (Å²) in [5.41, 5.74) is 1.11. The number of aryl methyl sites for hydroxylation is 1. The highest BCUT2D eigenvalue weighted by atomic mass is 32.2. The highest BCUT2D eigenvalue weighted by Crippen LogP contribution is 2.23. The number of hydrogen-bond acceptors (Lipinski definition) is 5. The van der Waals surface area contributed by atoms with Crippen LogP contribution in [0.25, 0.3) is 5.69 Å². The molecule has 0 aliphatic carbocycles. The molecule has 0 fully saturated rings. The average molecular weight is 333 g/mol. The third kappa shape index (κ3) is 3.21. The van der Waals surface area contributed by atoms with E-state index in [1.54, 1.807) is 19.1 Å². The molecule has 0 saturated carbocycles. The van der Waals surface area contributed by atoms with Gasteiger partial charge in [-0.05, 0) is 48.9 Å². The van der Waals surface area contributed by atoms with Gasteiger partial charge >= 0.3 is 10.1 Å². The Labute approximate surface area is 132 Å². The van der Waals surface area contributed by atoms with E-state index in [4.69, 9.17) is 4.18 Å². The van der Waals surface area contributed by atoms with Crippen molar-refractivity contribution in [1.29, 1.82) is 0 Å². The zero-order valence-corrected chi connectivity index (χ0v) is 12.9. The van der Waals surface area contributed by atoms with Crippen molar-refractivity contribution in [2.45, 2.75) is 11.8 Å². The molecule has 1 aromatic heterocycles. The summed E-state index contributed by atoms with van der Waals surface area (Å²) in [4.78, 5) is 3.63. The summed E-state index contributed by atoms with van der Waals surface area (Å²) in [6.07, 6.45) is 2.91. The fourth-order valence-corrected chi connectivity index (χ4v) is 3.18. The monoisotopic (exact) mass is 333 g/mol. The quantitative estimate of drug-likeness (QED) is 0.686. The summed E-state index contributed by atoms with van der Waals surface area (Å²) in [5.74, 6) is -0.517. The zero-order chi connectivity index (χ0) is 16.4. The molecule has 6 nitrogen and oxygen atoms in total. The molecular formula is C15H12FN3O3S. The maximum Gasteiger partial charge on any atom is 0.339 e. The van der Waals surface area contributed by atoms with Crippen molar-refractivity contribution in [3.63, 3.8) is 0 Å². The van der Waals surface area contributed by atoms with Gasteiger partial charge in [-0.2, -0.15) is 13.5 Å². The Morgan fingerprint density at radius 3 is 2.52 bits per heavy atom. The van der Waals surface area contributed by atoms with Crippen molar-refractivity contribution in [2.24, 2.45) is 0 Å². The lowest BCUT2D eigenvalue weighted by molar-refractivity contribution is 0.484. The van der Waals surface area contributed by atoms with Gasteiger partial charge in [-0.15, -0.1) is 0 Å². The first-order valence-electron chi connectivity index (χ1n) is 6.61. The highest BCUT2D eigenvalue weighted by molar-refractivity contribution is 7.87. The molecule has 0 radical (unpaired) electrons. The lowest BCUT2D eigenvalue weighted by atomic mass is 10.2. The van der Waals surface area contributed by atoms with Crippen LogP contribution in [0.3, 0.4) is 0 Å². The van der Waals surface area contributed by atoms with Crippen LogP contribution in [0.1, 0.15) is 5.56 Å². The van der Waals surface area contributed by atoms with Crippen molar-refractivity contribution in [3.05, 3.63) is 66.5 Å². The highest BCUT2D eigenvalue weighted by Gasteiger charge is 2.20. The third-order valence-electron chi connectivity index (χ3n) is 3.15. The van der Waals surface area contributed by atoms with E-state index in [9.17, 15) is 12.8 Å². The Hall–Kier alpha value is -2.74. The summed E-state index contributed by atoms with van der Waals surface area (Å²) in [6.45, 7) is 1.57. The van der Waals surface area contributed by atoms with E-state index in [0.29, 0.717) is 11.3 Å². The topological polar surface area (TPSA) is 74.1 Å². The minimum absolute atomic E-state index is 0.123. The molecule has 0 N–H and O–H groups in total. The number of aromatic nitrogens is 3. The summed E-state index contributed by atoms with van der Waals surface area (Å²) < 4.78 is 44.4. The molecule has 0 unspecified atom stereocenters. The minimum Gasteiger partial charge on any atom is -0.379 e. The van der Waals surface area contributed by atoms with Gasteiger partial charge in [-0.3, -0.25) is 0 Å². The van der Waals surface area contributed by atoms with Crippen LogP contribution in [0.4, 0.5) is 4.39 Å². The number of halogens is 1. The summed E-state index contributed by atoms with van der Waals surface area (Å²) in [7, 11) is -4.11. The zero-order valence-electron chi connectivity index (χ0n) is 12.0. The first kappa shape index (κ1) is 15.2. The predicted octanol–water partition coefficient (Wildman–Crippen LogP) is 2.48. The first-order valence-corrected chi connectivity index (χ1v) is 8.02. The van der Waals surface area contributed by atoms with E-state index < -0.39 is 15.9 Å². The molecule has 1 heterocycles. The number of hydrogen-bond donors (Lipinski definition) is 0. The lowest BCUT2D eigenvalue weighted by Gasteiger charge is -2.10. The molecule has 0 aliphatic rings. The van der Waals surface area contributed by atoms with E-state index in [-0.39, 0.29) is 10.6 Å². The van der Waals surface area contributed by atoms with E-state index in [1.165, 1.54) is 41.6 Å². The number of nitrogens with zero attached hydrogens (tertiary/aromatic N) is 3. The van der Waals surface area contributed by atoms with Crippen LogP contribution in [0.15, 0.2) is 60.0 Å². The largest absolute Gasteiger partial charge is 0.379 e. The Morgan fingerprint density at radius 2 is 1.87 bits per heavy atom. The molecule has 0 saturated heterocycles. The molecule has 0 aliphatic heterocycles. The number of benzene rings is 2. The lowest BCUT2D eigenvalue weighted by Crippen LogP contribution is -2.11. The Balaban J connectivity index is 1.87. The second-order valence-corrected chi connectivity index (χ2v) is 6.30. The molecule has 0 atom stereocenters. The second kappa shape index (κ2) is 5.81. The van der Waals surface area contributed by atoms with E-state index in [2.05, 4.69) is 10.1 Å². The Kier molecular flexibility index (Phi) is 3.83. The maximum atomic E-state index is 13.3. The molecule has 118 valence electrons. The standard InChI is InChI=1S/C15H12FN3O3S/c1-11-2-3-12(16)8-15(11)23(20,21)22-14-6-4-13(5-7-14)19-10-17-9-18-19/h2-10H,1H3. The van der Waals surface area contributed by atoms with Crippen LogP contribution in [0.2, 0.25) is 0 Å². The fourth-order valence-electron chi connectivity index (χ4n) is 2.01. The van der Waals surface area contributed by atoms with Crippen LogP contribution in [-0.2, 0) is 10.1 Å². The molecule has 0 bridgehead atoms. The SMILES string of the molecule is Cc1ccc(F)cc1S(=O)(=O)Oc1ccc(-n2cncn2)cc1. The minimum atomic E-state index is -4.11. The van der Waals surface area contributed by atoms with Crippen LogP contribution in [0, 0.1) is 12.7 Å². The average Bonchev–Trinajstić information content (AvgIpc) is 3.04. The van der Waals surface area contributed by atoms with Crippen molar-refractivity contribution in [1.82, 2.24) is 14.8 Å². The van der Waals surface area contributed by atoms with Gasteiger partial charge in [0, 0.05) is 0 Å². The number of rotatable bonds is 4. The Bertz CT molecular complexity index is 923. The predicted molar refractivity (Wildman–Crippen MR) is 80.3 cm³/mol. The van der Waals surface area contributed by atoms with Crippen molar-refractivity contribution < 1.29 is 17.0 Å². The van der Waals surface area contributed by atoms with Crippen molar-refractivity contribution in [2.75, 3.05) is 0 Å². The van der Waals surface area contributed by atoms with Crippen LogP contribution >= 0.6 is 0 Å². The summed E-state index contributed by atoms with van der Waals surface area (Å²) in [5, 5.41) is 3.96. The fraction of sp³-hybridized carbons (Fsp3) is 0.0667. The summed E-state index contributed by atoms with van der Waals surface area (Å²) >= 11 is 0. The van der Waals surface area contributed by atoms with Crippen LogP contribution in [0.5, 0.6) is 5.75 Å². The molecule has 2 aromatic carbocycles. The van der Waals surface area contributed by atoms with Crippen LogP contribution < -0.4 is 4.18 Å². The van der Waals surface area contributed by atoms with Gasteiger partial charge in [0.25, 0.3) is 0 Å². The van der Waals surface area contributed by atoms with Gasteiger partial charge in [-0.25, -0.2) is 14.1 Å². The van der Waals surface area contributed by atoms with Gasteiger partial charge in [-0.1, -0.05) is 6.07 Å². The second-order valence-electron chi connectivity index (χ2n) is 4.78. The molecule has 3 aromatic rings. The van der Waals surface area contributed by atoms with E-state index in [1.807, 2.05) is 0 Å². The van der Waals surface area contributed by atoms with E-state index >= 15 is 0 Å². The molecule has 0 amide bonds. The molecule has 8 heteroatoms. The third-order valence-corrected chi connectivity index (χ3v) is 4.54. The molecule has 23 heavy (non-hydrogen) atoms. The van der Waals surface area contributed by atoms with Gasteiger partial charge in [0.05, 0.1) is 5.69 Å². The Morgan fingerprint density at radius 1 is 1.13 bits per heavy atom. The molecule has 3 rings (SSSR count). The normalized spacial score (nSPS) is 11.4. The van der Waals surface area contributed by atoms with Crippen molar-refractivity contribution in [3.8, 4) is 11.4 Å². The van der Waals surface area contributed by atoms with Crippen molar-refractivity contribution >= 4 is 10.1 Å². The summed E-state index contributed by atoms with van der Waals surface area (Å²) in [6, 6.07) is 9.78. The van der Waals surface area contributed by atoms with Gasteiger partial charge in [0.15, 0.2) is 0 Å². The first-order chi connectivity index (χ1) is 11.0. The molecular weight excluding hydrogens is 321 g/mol. The van der Waals surface area contributed by atoms with Gasteiger partial charge < -0.3 is 4.18 Å².